The van der Waals surface area contributed by atoms with Crippen LogP contribution < -0.4 is 16.0 Å². The Morgan fingerprint density at radius 3 is 3.00 bits per heavy atom. The highest BCUT2D eigenvalue weighted by molar-refractivity contribution is 5.90. The summed E-state index contributed by atoms with van der Waals surface area (Å²) in [6, 6.07) is 7.74. The van der Waals surface area contributed by atoms with E-state index >= 15 is 0 Å². The molecule has 2 atom stereocenters. The van der Waals surface area contributed by atoms with Crippen LogP contribution in [0.15, 0.2) is 24.3 Å². The molecule has 0 radical (unpaired) electrons. The zero-order chi connectivity index (χ0) is 13.9. The van der Waals surface area contributed by atoms with Crippen molar-refractivity contribution >= 4 is 11.9 Å². The molecule has 5 heteroatoms. The van der Waals surface area contributed by atoms with Crippen LogP contribution in [0.3, 0.4) is 0 Å². The molecule has 106 valence electrons. The Kier molecular flexibility index (Phi) is 3.58. The maximum Gasteiger partial charge on any atom is 0.315 e. The van der Waals surface area contributed by atoms with Crippen molar-refractivity contribution < 1.29 is 9.59 Å². The van der Waals surface area contributed by atoms with E-state index in [1.165, 1.54) is 17.5 Å². The van der Waals surface area contributed by atoms with Gasteiger partial charge >= 0.3 is 6.03 Å². The fourth-order valence-corrected chi connectivity index (χ4v) is 3.03. The Morgan fingerprint density at radius 2 is 2.20 bits per heavy atom. The highest BCUT2D eigenvalue weighted by Crippen LogP contribution is 2.30. The van der Waals surface area contributed by atoms with Gasteiger partial charge in [0, 0.05) is 19.0 Å². The lowest BCUT2D eigenvalue weighted by molar-refractivity contribution is -0.122. The number of fused-ring (bicyclic) bond motifs is 1. The molecule has 0 aromatic heterocycles. The average molecular weight is 273 g/mol. The molecule has 1 aliphatic heterocycles. The molecule has 0 saturated carbocycles. The van der Waals surface area contributed by atoms with Crippen LogP contribution in [0.4, 0.5) is 4.79 Å². The molecule has 3 rings (SSSR count). The van der Waals surface area contributed by atoms with Crippen molar-refractivity contribution in [3.8, 4) is 0 Å². The zero-order valence-electron chi connectivity index (χ0n) is 11.3. The van der Waals surface area contributed by atoms with E-state index in [-0.39, 0.29) is 11.9 Å². The van der Waals surface area contributed by atoms with E-state index in [1.54, 1.807) is 0 Å². The summed E-state index contributed by atoms with van der Waals surface area (Å²) in [7, 11) is 0. The van der Waals surface area contributed by atoms with Crippen LogP contribution in [-0.4, -0.2) is 31.1 Å². The fourth-order valence-electron chi connectivity index (χ4n) is 3.03. The summed E-state index contributed by atoms with van der Waals surface area (Å²) in [6.45, 7) is 1.01. The van der Waals surface area contributed by atoms with Crippen molar-refractivity contribution in [3.63, 3.8) is 0 Å². The van der Waals surface area contributed by atoms with Crippen LogP contribution in [0, 0.1) is 0 Å². The van der Waals surface area contributed by atoms with Gasteiger partial charge in [-0.2, -0.15) is 0 Å². The lowest BCUT2D eigenvalue weighted by Gasteiger charge is -2.26. The van der Waals surface area contributed by atoms with E-state index in [2.05, 4.69) is 40.2 Å². The summed E-state index contributed by atoms with van der Waals surface area (Å²) in [5, 5.41) is 8.15. The van der Waals surface area contributed by atoms with Crippen LogP contribution in [0.1, 0.15) is 29.9 Å². The molecule has 3 N–H and O–H groups in total. The third-order valence-corrected chi connectivity index (χ3v) is 4.10. The van der Waals surface area contributed by atoms with Gasteiger partial charge < -0.3 is 16.0 Å². The Balaban J connectivity index is 1.59. The molecule has 3 amide bonds. The van der Waals surface area contributed by atoms with E-state index < -0.39 is 6.04 Å². The molecule has 0 spiro atoms. The molecular weight excluding hydrogens is 254 g/mol. The van der Waals surface area contributed by atoms with E-state index in [4.69, 9.17) is 0 Å². The second-order valence-electron chi connectivity index (χ2n) is 5.44. The zero-order valence-corrected chi connectivity index (χ0v) is 11.3. The lowest BCUT2D eigenvalue weighted by Crippen LogP contribution is -2.44. The maximum atomic E-state index is 12.0. The SMILES string of the molecule is O=C1NCC(C(=O)NCC2CCCc3ccccc32)N1. The number of carbonyl (C=O) groups excluding carboxylic acids is 2. The molecular formula is C15H19N3O2. The number of amides is 3. The van der Waals surface area contributed by atoms with Crippen LogP contribution >= 0.6 is 0 Å². The van der Waals surface area contributed by atoms with E-state index in [1.807, 2.05) is 0 Å². The summed E-state index contributed by atoms with van der Waals surface area (Å²) in [4.78, 5) is 23.0. The minimum absolute atomic E-state index is 0.105. The number of carbonyl (C=O) groups is 2. The predicted octanol–water partition coefficient (Wildman–Crippen LogP) is 0.904. The highest BCUT2D eigenvalue weighted by atomic mass is 16.2. The monoisotopic (exact) mass is 273 g/mol. The summed E-state index contributed by atoms with van der Waals surface area (Å²) in [5.74, 6) is 0.278. The van der Waals surface area contributed by atoms with E-state index in [0.29, 0.717) is 19.0 Å². The minimum atomic E-state index is -0.443. The molecule has 2 aliphatic rings. The third kappa shape index (κ3) is 2.61. The van der Waals surface area contributed by atoms with Crippen LogP contribution in [0.25, 0.3) is 0 Å². The first-order valence-electron chi connectivity index (χ1n) is 7.14. The first kappa shape index (κ1) is 13.0. The molecule has 1 aromatic carbocycles. The van der Waals surface area contributed by atoms with Gasteiger partial charge in [0.1, 0.15) is 6.04 Å². The van der Waals surface area contributed by atoms with Gasteiger partial charge in [-0.05, 0) is 30.4 Å². The average Bonchev–Trinajstić information content (AvgIpc) is 2.91. The molecule has 1 fully saturated rings. The Hall–Kier alpha value is -2.04. The largest absolute Gasteiger partial charge is 0.354 e. The first-order valence-corrected chi connectivity index (χ1v) is 7.14. The van der Waals surface area contributed by atoms with E-state index in [9.17, 15) is 9.59 Å². The highest BCUT2D eigenvalue weighted by Gasteiger charge is 2.27. The molecule has 1 saturated heterocycles. The maximum absolute atomic E-state index is 12.0. The normalized spacial score (nSPS) is 24.5. The smallest absolute Gasteiger partial charge is 0.315 e. The number of nitrogens with one attached hydrogen (secondary N) is 3. The van der Waals surface area contributed by atoms with Gasteiger partial charge in [0.2, 0.25) is 5.91 Å². The van der Waals surface area contributed by atoms with Gasteiger partial charge in [0.25, 0.3) is 0 Å². The van der Waals surface area contributed by atoms with Gasteiger partial charge in [-0.3, -0.25) is 4.79 Å². The van der Waals surface area contributed by atoms with E-state index in [0.717, 1.165) is 12.8 Å². The van der Waals surface area contributed by atoms with Gasteiger partial charge in [-0.15, -0.1) is 0 Å². The van der Waals surface area contributed by atoms with Crippen molar-refractivity contribution in [2.45, 2.75) is 31.2 Å². The Labute approximate surface area is 118 Å². The number of aryl methyl sites for hydroxylation is 1. The second-order valence-corrected chi connectivity index (χ2v) is 5.44. The number of benzene rings is 1. The first-order chi connectivity index (χ1) is 9.74. The molecule has 5 nitrogen and oxygen atoms in total. The molecule has 20 heavy (non-hydrogen) atoms. The number of urea groups is 1. The quantitative estimate of drug-likeness (QED) is 0.766. The minimum Gasteiger partial charge on any atom is -0.354 e. The lowest BCUT2D eigenvalue weighted by atomic mass is 9.83. The molecule has 1 heterocycles. The van der Waals surface area contributed by atoms with Gasteiger partial charge in [0.15, 0.2) is 0 Å². The molecule has 0 bridgehead atoms. The Morgan fingerprint density at radius 1 is 1.35 bits per heavy atom. The molecule has 1 aliphatic carbocycles. The van der Waals surface area contributed by atoms with Crippen molar-refractivity contribution in [2.24, 2.45) is 0 Å². The summed E-state index contributed by atoms with van der Waals surface area (Å²) < 4.78 is 0. The van der Waals surface area contributed by atoms with Crippen molar-refractivity contribution in [3.05, 3.63) is 35.4 Å². The standard InChI is InChI=1S/C15H19N3O2/c19-14(13-9-17-15(20)18-13)16-8-11-6-3-5-10-4-1-2-7-12(10)11/h1-2,4,7,11,13H,3,5-6,8-9H2,(H,16,19)(H2,17,18,20). The number of rotatable bonds is 3. The number of hydrogen-bond donors (Lipinski definition) is 3. The molecule has 1 aromatic rings. The van der Waals surface area contributed by atoms with Gasteiger partial charge in [0.05, 0.1) is 0 Å². The number of hydrogen-bond acceptors (Lipinski definition) is 2. The van der Waals surface area contributed by atoms with Crippen LogP contribution in [-0.2, 0) is 11.2 Å². The summed E-state index contributed by atoms with van der Waals surface area (Å²) in [5.41, 5.74) is 2.75. The van der Waals surface area contributed by atoms with Crippen molar-refractivity contribution in [2.75, 3.05) is 13.1 Å². The van der Waals surface area contributed by atoms with Gasteiger partial charge in [-0.25, -0.2) is 4.79 Å². The molecule has 2 unspecified atom stereocenters. The summed E-state index contributed by atoms with van der Waals surface area (Å²) >= 11 is 0. The van der Waals surface area contributed by atoms with Crippen molar-refractivity contribution in [1.29, 1.82) is 0 Å². The van der Waals surface area contributed by atoms with Gasteiger partial charge in [-0.1, -0.05) is 24.3 Å². The predicted molar refractivity (Wildman–Crippen MR) is 75.5 cm³/mol. The Bertz CT molecular complexity index is 530. The second kappa shape index (κ2) is 5.53. The fraction of sp³-hybridized carbons (Fsp3) is 0.467. The van der Waals surface area contributed by atoms with Crippen LogP contribution in [0.2, 0.25) is 0 Å². The topological polar surface area (TPSA) is 70.2 Å². The van der Waals surface area contributed by atoms with Crippen LogP contribution in [0.5, 0.6) is 0 Å². The summed E-state index contributed by atoms with van der Waals surface area (Å²) in [6.07, 6.45) is 3.40. The third-order valence-electron chi connectivity index (χ3n) is 4.10. The van der Waals surface area contributed by atoms with Crippen molar-refractivity contribution in [1.82, 2.24) is 16.0 Å².